The molecule has 6 rings (SSSR count). The second-order valence-corrected chi connectivity index (χ2v) is 15.7. The van der Waals surface area contributed by atoms with Gasteiger partial charge in [0, 0.05) is 18.5 Å². The first-order valence-corrected chi connectivity index (χ1v) is 22.6. The summed E-state index contributed by atoms with van der Waals surface area (Å²) in [6, 6.07) is 38.6. The maximum atomic E-state index is 4.93. The van der Waals surface area contributed by atoms with E-state index in [4.69, 9.17) is 17.0 Å². The average molecular weight is 789 g/mol. The van der Waals surface area contributed by atoms with Gasteiger partial charge in [-0.3, -0.25) is 0 Å². The Morgan fingerprint density at radius 1 is 0.575 bits per heavy atom. The molecule has 0 aliphatic carbocycles. The molecule has 6 aromatic rings. The third-order valence-corrected chi connectivity index (χ3v) is 7.50. The molecule has 0 saturated carbocycles. The summed E-state index contributed by atoms with van der Waals surface area (Å²) in [5, 5.41) is 5.29. The minimum atomic E-state index is -0.826. The molecule has 0 N–H and O–H groups in total. The fraction of sp³-hybridized carbons (Fsp3) is 0.118. The summed E-state index contributed by atoms with van der Waals surface area (Å²) in [5.41, 5.74) is 7.73. The molecule has 0 unspecified atom stereocenters. The van der Waals surface area contributed by atoms with E-state index in [1.54, 1.807) is 0 Å². The van der Waals surface area contributed by atoms with E-state index < -0.39 is 20.8 Å². The molecular weight excluding hydrogens is 758 g/mol. The molecule has 40 heavy (non-hydrogen) atoms. The van der Waals surface area contributed by atoms with Crippen molar-refractivity contribution in [3.8, 4) is 22.3 Å². The standard InChI is InChI=1S/2C16H12Br.C2H6Si.2ClH.Zr/c2*1-11-9-12-5-4-7-13(15(12)10-11)14-6-2-3-8-16(14)17;1-3-2;;;/h2*2-10H,1H3;1-2H3;2*1H;/q2*-1;;;;+4/p-2. The summed E-state index contributed by atoms with van der Waals surface area (Å²) < 4.78 is 2.29. The van der Waals surface area contributed by atoms with Crippen molar-refractivity contribution in [1.29, 1.82) is 0 Å². The van der Waals surface area contributed by atoms with Crippen molar-refractivity contribution in [2.24, 2.45) is 0 Å². The van der Waals surface area contributed by atoms with Crippen molar-refractivity contribution in [2.75, 3.05) is 0 Å². The van der Waals surface area contributed by atoms with Crippen molar-refractivity contribution in [2.45, 2.75) is 26.9 Å². The minimum absolute atomic E-state index is 0.826. The van der Waals surface area contributed by atoms with Crippen molar-refractivity contribution in [1.82, 2.24) is 0 Å². The first-order valence-electron chi connectivity index (χ1n) is 12.7. The summed E-state index contributed by atoms with van der Waals surface area (Å²) >= 11 is 6.43. The maximum absolute atomic E-state index is 4.93. The first kappa shape index (κ1) is 33.2. The molecule has 0 heterocycles. The van der Waals surface area contributed by atoms with Gasteiger partial charge in [-0.2, -0.15) is 12.1 Å². The van der Waals surface area contributed by atoms with Crippen molar-refractivity contribution in [3.05, 3.63) is 129 Å². The number of aryl methyl sites for hydroxylation is 2. The molecule has 0 amide bonds. The van der Waals surface area contributed by atoms with E-state index >= 15 is 0 Å². The van der Waals surface area contributed by atoms with Gasteiger partial charge < -0.3 is 0 Å². The monoisotopic (exact) mass is 784 g/mol. The van der Waals surface area contributed by atoms with Gasteiger partial charge in [0.05, 0.1) is 0 Å². The van der Waals surface area contributed by atoms with E-state index in [9.17, 15) is 0 Å². The fourth-order valence-corrected chi connectivity index (χ4v) is 5.59. The molecule has 0 atom stereocenters. The molecule has 2 radical (unpaired) electrons. The quantitative estimate of drug-likeness (QED) is 0.121. The normalized spacial score (nSPS) is 10.0. The van der Waals surface area contributed by atoms with E-state index in [0.29, 0.717) is 0 Å². The Balaban J connectivity index is 0.000000185. The predicted octanol–water partition coefficient (Wildman–Crippen LogP) is 12.8. The Kier molecular flexibility index (Phi) is 14.1. The summed E-state index contributed by atoms with van der Waals surface area (Å²) in [4.78, 5) is 0. The summed E-state index contributed by atoms with van der Waals surface area (Å²) in [6.07, 6.45) is 0. The van der Waals surface area contributed by atoms with Crippen LogP contribution in [0.2, 0.25) is 13.1 Å². The second-order valence-electron chi connectivity index (χ2n) is 9.21. The fourth-order valence-electron chi connectivity index (χ4n) is 4.60. The molecule has 0 aromatic heterocycles. The van der Waals surface area contributed by atoms with Gasteiger partial charge in [-0.05, 0) is 23.3 Å². The molecule has 0 bridgehead atoms. The summed E-state index contributed by atoms with van der Waals surface area (Å²) in [6.45, 7) is 8.59. The number of halogens is 4. The van der Waals surface area contributed by atoms with E-state index in [1.165, 1.54) is 54.9 Å². The molecule has 0 fully saturated rings. The molecular formula is C34H30Br2Cl2SiZr. The number of hydrogen-bond donors (Lipinski definition) is 0. The molecule has 6 aromatic carbocycles. The van der Waals surface area contributed by atoms with Crippen LogP contribution in [0.15, 0.2) is 118 Å². The van der Waals surface area contributed by atoms with Gasteiger partial charge >= 0.3 is 37.9 Å². The second kappa shape index (κ2) is 17.0. The zero-order valence-corrected chi connectivity index (χ0v) is 31.0. The molecule has 0 spiro atoms. The van der Waals surface area contributed by atoms with Gasteiger partial charge in [0.1, 0.15) is 0 Å². The zero-order valence-electron chi connectivity index (χ0n) is 22.9. The van der Waals surface area contributed by atoms with E-state index in [0.717, 1.165) is 18.5 Å². The number of fused-ring (bicyclic) bond motifs is 2. The van der Waals surface area contributed by atoms with Gasteiger partial charge in [-0.1, -0.05) is 118 Å². The summed E-state index contributed by atoms with van der Waals surface area (Å²) in [7, 11) is 11.0. The van der Waals surface area contributed by atoms with Gasteiger partial charge in [-0.25, -0.2) is 0 Å². The van der Waals surface area contributed by atoms with Crippen LogP contribution in [0, 0.1) is 13.8 Å². The average Bonchev–Trinajstić information content (AvgIpc) is 3.51. The predicted molar refractivity (Wildman–Crippen MR) is 184 cm³/mol. The Morgan fingerprint density at radius 2 is 0.900 bits per heavy atom. The molecule has 6 heteroatoms. The van der Waals surface area contributed by atoms with Crippen molar-refractivity contribution < 1.29 is 20.8 Å². The Hall–Kier alpha value is -1.26. The van der Waals surface area contributed by atoms with E-state index in [1.807, 2.05) is 12.1 Å². The van der Waals surface area contributed by atoms with Gasteiger partial charge in [0.15, 0.2) is 0 Å². The number of rotatable bonds is 2. The molecule has 202 valence electrons. The van der Waals surface area contributed by atoms with Gasteiger partial charge in [0.2, 0.25) is 0 Å². The molecule has 0 nitrogen and oxygen atoms in total. The van der Waals surface area contributed by atoms with Crippen LogP contribution in [-0.4, -0.2) is 9.52 Å². The van der Waals surface area contributed by atoms with Crippen LogP contribution in [0.4, 0.5) is 0 Å². The molecule has 0 aliphatic heterocycles. The van der Waals surface area contributed by atoms with Crippen molar-refractivity contribution >= 4 is 80.0 Å². The Labute approximate surface area is 276 Å². The third kappa shape index (κ3) is 8.87. The van der Waals surface area contributed by atoms with Gasteiger partial charge in [-0.15, -0.1) is 69.1 Å². The van der Waals surface area contributed by atoms with Crippen LogP contribution in [-0.2, 0) is 20.8 Å². The van der Waals surface area contributed by atoms with Gasteiger partial charge in [0.25, 0.3) is 0 Å². The Bertz CT molecular complexity index is 1530. The van der Waals surface area contributed by atoms with Crippen LogP contribution >= 0.6 is 48.9 Å². The number of hydrogen-bond acceptors (Lipinski definition) is 0. The van der Waals surface area contributed by atoms with Crippen molar-refractivity contribution in [3.63, 3.8) is 0 Å². The Morgan fingerprint density at radius 3 is 1.25 bits per heavy atom. The van der Waals surface area contributed by atoms with Crippen LogP contribution in [0.3, 0.4) is 0 Å². The van der Waals surface area contributed by atoms with Crippen LogP contribution in [0.5, 0.6) is 0 Å². The van der Waals surface area contributed by atoms with Crippen LogP contribution in [0.25, 0.3) is 43.8 Å². The number of benzene rings is 4. The van der Waals surface area contributed by atoms with E-state index in [-0.39, 0.29) is 0 Å². The van der Waals surface area contributed by atoms with Crippen LogP contribution < -0.4 is 0 Å². The molecule has 0 saturated heterocycles. The first-order chi connectivity index (χ1) is 19.3. The zero-order chi connectivity index (χ0) is 29.1. The topological polar surface area (TPSA) is 0 Å². The third-order valence-electron chi connectivity index (χ3n) is 6.12. The summed E-state index contributed by atoms with van der Waals surface area (Å²) in [5.74, 6) is 0. The van der Waals surface area contributed by atoms with E-state index in [2.05, 4.69) is 156 Å². The van der Waals surface area contributed by atoms with Crippen LogP contribution in [0.1, 0.15) is 11.1 Å². The molecule has 0 aliphatic rings. The SMILES string of the molecule is C[Si]C.Cc1cc2c(-c3ccccc3Br)cccc2[cH-]1.Cc1cc2c(-c3ccccc3Br)cccc2[cH-]1.[Cl][Zr+2][Cl].